The van der Waals surface area contributed by atoms with Crippen LogP contribution in [0.3, 0.4) is 0 Å². The maximum Gasteiger partial charge on any atom is 0.276 e. The van der Waals surface area contributed by atoms with E-state index >= 15 is 0 Å². The highest BCUT2D eigenvalue weighted by Gasteiger charge is 2.12. The number of hydrogen-bond acceptors (Lipinski definition) is 4. The molecule has 0 saturated carbocycles. The number of nitrogens with zero attached hydrogens (tertiary/aromatic N) is 2. The van der Waals surface area contributed by atoms with Crippen LogP contribution in [0.5, 0.6) is 5.75 Å². The summed E-state index contributed by atoms with van der Waals surface area (Å²) in [5.41, 5.74) is 3.48. The first-order valence-corrected chi connectivity index (χ1v) is 9.93. The normalized spacial score (nSPS) is 10.9. The standard InChI is InChI=1S/C22H19Cl2N3O3/c1-2-30-20-18(23)11-16(12-19(20)24)13-25-26-21(28)17-9-6-10-27(22(17)29)14-15-7-4-3-5-8-15/h3-13H,2,14H2,1H3,(H,26,28)/b25-13-. The largest absolute Gasteiger partial charge is 0.491 e. The molecule has 3 rings (SSSR count). The van der Waals surface area contributed by atoms with Crippen molar-refractivity contribution in [2.75, 3.05) is 6.61 Å². The van der Waals surface area contributed by atoms with E-state index in [1.807, 2.05) is 37.3 Å². The smallest absolute Gasteiger partial charge is 0.276 e. The van der Waals surface area contributed by atoms with E-state index in [9.17, 15) is 9.59 Å². The zero-order valence-electron chi connectivity index (χ0n) is 16.1. The van der Waals surface area contributed by atoms with Gasteiger partial charge in [0.2, 0.25) is 0 Å². The Balaban J connectivity index is 1.72. The Morgan fingerprint density at radius 2 is 1.83 bits per heavy atom. The van der Waals surface area contributed by atoms with Crippen LogP contribution in [0.1, 0.15) is 28.4 Å². The lowest BCUT2D eigenvalue weighted by Gasteiger charge is -2.09. The summed E-state index contributed by atoms with van der Waals surface area (Å²) in [6, 6.07) is 15.9. The monoisotopic (exact) mass is 443 g/mol. The molecule has 0 unspecified atom stereocenters. The van der Waals surface area contributed by atoms with Gasteiger partial charge < -0.3 is 9.30 Å². The first-order chi connectivity index (χ1) is 14.5. The van der Waals surface area contributed by atoms with Crippen LogP contribution < -0.4 is 15.7 Å². The summed E-state index contributed by atoms with van der Waals surface area (Å²) in [5.74, 6) is -0.216. The van der Waals surface area contributed by atoms with E-state index in [0.29, 0.717) is 34.5 Å². The number of carbonyl (C=O) groups excluding carboxylic acids is 1. The van der Waals surface area contributed by atoms with Crippen LogP contribution in [0.2, 0.25) is 10.0 Å². The molecule has 8 heteroatoms. The van der Waals surface area contributed by atoms with Crippen molar-refractivity contribution in [2.45, 2.75) is 13.5 Å². The van der Waals surface area contributed by atoms with Gasteiger partial charge in [0.15, 0.2) is 5.75 Å². The van der Waals surface area contributed by atoms with E-state index < -0.39 is 11.5 Å². The average Bonchev–Trinajstić information content (AvgIpc) is 2.73. The summed E-state index contributed by atoms with van der Waals surface area (Å²) < 4.78 is 6.85. The number of nitrogens with one attached hydrogen (secondary N) is 1. The summed E-state index contributed by atoms with van der Waals surface area (Å²) in [5, 5.41) is 4.57. The van der Waals surface area contributed by atoms with Gasteiger partial charge in [-0.2, -0.15) is 5.10 Å². The number of carbonyl (C=O) groups is 1. The summed E-state index contributed by atoms with van der Waals surface area (Å²) in [4.78, 5) is 25.1. The van der Waals surface area contributed by atoms with E-state index in [1.165, 1.54) is 16.8 Å². The van der Waals surface area contributed by atoms with E-state index in [0.717, 1.165) is 5.56 Å². The molecule has 0 aliphatic carbocycles. The molecular formula is C22H19Cl2N3O3. The number of amides is 1. The molecule has 6 nitrogen and oxygen atoms in total. The van der Waals surface area contributed by atoms with Crippen LogP contribution >= 0.6 is 23.2 Å². The number of pyridine rings is 1. The minimum atomic E-state index is -0.609. The predicted octanol–water partition coefficient (Wildman–Crippen LogP) is 4.37. The average molecular weight is 444 g/mol. The summed E-state index contributed by atoms with van der Waals surface area (Å²) in [6.45, 7) is 2.63. The van der Waals surface area contributed by atoms with Gasteiger partial charge in [-0.15, -0.1) is 0 Å². The molecule has 3 aromatic rings. The highest BCUT2D eigenvalue weighted by molar-refractivity contribution is 6.37. The van der Waals surface area contributed by atoms with Gasteiger partial charge >= 0.3 is 0 Å². The van der Waals surface area contributed by atoms with Crippen molar-refractivity contribution in [3.63, 3.8) is 0 Å². The second kappa shape index (κ2) is 10.1. The Kier molecular flexibility index (Phi) is 7.27. The molecule has 1 aromatic heterocycles. The van der Waals surface area contributed by atoms with Crippen LogP contribution in [-0.4, -0.2) is 23.3 Å². The third-order valence-corrected chi connectivity index (χ3v) is 4.71. The highest BCUT2D eigenvalue weighted by atomic mass is 35.5. The van der Waals surface area contributed by atoms with Crippen molar-refractivity contribution in [1.29, 1.82) is 0 Å². The first kappa shape index (κ1) is 21.6. The van der Waals surface area contributed by atoms with Gasteiger partial charge in [-0.1, -0.05) is 53.5 Å². The number of hydrazone groups is 1. The molecule has 0 aliphatic heterocycles. The SMILES string of the molecule is CCOc1c(Cl)cc(/C=N\NC(=O)c2cccn(Cc3ccccc3)c2=O)cc1Cl. The highest BCUT2D eigenvalue weighted by Crippen LogP contribution is 2.33. The third kappa shape index (κ3) is 5.28. The maximum absolute atomic E-state index is 12.6. The lowest BCUT2D eigenvalue weighted by atomic mass is 10.2. The van der Waals surface area contributed by atoms with Gasteiger partial charge in [0.05, 0.1) is 29.4 Å². The molecule has 0 fully saturated rings. The van der Waals surface area contributed by atoms with Gasteiger partial charge in [0.1, 0.15) is 5.56 Å². The van der Waals surface area contributed by atoms with Crippen LogP contribution in [0.4, 0.5) is 0 Å². The predicted molar refractivity (Wildman–Crippen MR) is 119 cm³/mol. The molecule has 0 radical (unpaired) electrons. The molecule has 1 heterocycles. The molecule has 0 aliphatic rings. The van der Waals surface area contributed by atoms with Gasteiger partial charge in [0, 0.05) is 6.20 Å². The van der Waals surface area contributed by atoms with Gasteiger partial charge in [-0.25, -0.2) is 5.43 Å². The Hall–Kier alpha value is -3.09. The Bertz CT molecular complexity index is 1100. The third-order valence-electron chi connectivity index (χ3n) is 4.15. The molecule has 1 N–H and O–H groups in total. The maximum atomic E-state index is 12.6. The molecule has 154 valence electrons. The Morgan fingerprint density at radius 1 is 1.13 bits per heavy atom. The fraction of sp³-hybridized carbons (Fsp3) is 0.136. The number of hydrogen-bond donors (Lipinski definition) is 1. The zero-order chi connectivity index (χ0) is 21.5. The fourth-order valence-corrected chi connectivity index (χ4v) is 3.39. The molecule has 2 aromatic carbocycles. The van der Waals surface area contributed by atoms with Crippen molar-refractivity contribution in [2.24, 2.45) is 5.10 Å². The molecule has 0 atom stereocenters. The lowest BCUT2D eigenvalue weighted by Crippen LogP contribution is -2.30. The van der Waals surface area contributed by atoms with Crippen LogP contribution in [-0.2, 0) is 6.54 Å². The van der Waals surface area contributed by atoms with Gasteiger partial charge in [-0.05, 0) is 42.3 Å². The van der Waals surface area contributed by atoms with Crippen molar-refractivity contribution >= 4 is 35.3 Å². The summed E-state index contributed by atoms with van der Waals surface area (Å²) in [6.07, 6.45) is 3.02. The number of aromatic nitrogens is 1. The van der Waals surface area contributed by atoms with Crippen molar-refractivity contribution in [1.82, 2.24) is 9.99 Å². The number of rotatable bonds is 7. The van der Waals surface area contributed by atoms with Gasteiger partial charge in [0.25, 0.3) is 11.5 Å². The van der Waals surface area contributed by atoms with Crippen molar-refractivity contribution in [3.8, 4) is 5.75 Å². The lowest BCUT2D eigenvalue weighted by molar-refractivity contribution is 0.0953. The first-order valence-electron chi connectivity index (χ1n) is 9.18. The minimum absolute atomic E-state index is 0.00617. The fourth-order valence-electron chi connectivity index (χ4n) is 2.78. The van der Waals surface area contributed by atoms with Crippen molar-refractivity contribution < 1.29 is 9.53 Å². The molecular weight excluding hydrogens is 425 g/mol. The Morgan fingerprint density at radius 3 is 2.50 bits per heavy atom. The molecule has 1 amide bonds. The van der Waals surface area contributed by atoms with Crippen LogP contribution in [0.25, 0.3) is 0 Å². The van der Waals surface area contributed by atoms with E-state index in [-0.39, 0.29) is 5.56 Å². The molecule has 0 bridgehead atoms. The van der Waals surface area contributed by atoms with Gasteiger partial charge in [-0.3, -0.25) is 9.59 Å². The quantitative estimate of drug-likeness (QED) is 0.435. The van der Waals surface area contributed by atoms with E-state index in [4.69, 9.17) is 27.9 Å². The number of benzene rings is 2. The van der Waals surface area contributed by atoms with Crippen LogP contribution in [0.15, 0.2) is 70.7 Å². The minimum Gasteiger partial charge on any atom is -0.491 e. The second-order valence-corrected chi connectivity index (χ2v) is 7.10. The second-order valence-electron chi connectivity index (χ2n) is 6.29. The van der Waals surface area contributed by atoms with E-state index in [1.54, 1.807) is 24.4 Å². The van der Waals surface area contributed by atoms with Crippen molar-refractivity contribution in [3.05, 3.63) is 97.9 Å². The Labute approximate surface area is 183 Å². The summed E-state index contributed by atoms with van der Waals surface area (Å²) >= 11 is 12.3. The number of ether oxygens (including phenoxy) is 1. The molecule has 0 saturated heterocycles. The molecule has 30 heavy (non-hydrogen) atoms. The topological polar surface area (TPSA) is 72.7 Å². The van der Waals surface area contributed by atoms with Crippen LogP contribution in [0, 0.1) is 0 Å². The summed E-state index contributed by atoms with van der Waals surface area (Å²) in [7, 11) is 0. The molecule has 0 spiro atoms. The van der Waals surface area contributed by atoms with E-state index in [2.05, 4.69) is 10.5 Å². The number of halogens is 2. The zero-order valence-corrected chi connectivity index (χ0v) is 17.7.